The molecule has 0 amide bonds. The van der Waals surface area contributed by atoms with Crippen LogP contribution in [0.3, 0.4) is 0 Å². The van der Waals surface area contributed by atoms with Crippen LogP contribution in [-0.4, -0.2) is 13.2 Å². The van der Waals surface area contributed by atoms with Gasteiger partial charge in [-0.3, -0.25) is 11.3 Å². The van der Waals surface area contributed by atoms with Gasteiger partial charge in [-0.2, -0.15) is 0 Å². The molecule has 0 aliphatic heterocycles. The second-order valence-electron chi connectivity index (χ2n) is 5.98. The summed E-state index contributed by atoms with van der Waals surface area (Å²) in [7, 11) is 1.73. The Hall–Kier alpha value is -1.06. The predicted molar refractivity (Wildman–Crippen MR) is 83.5 cm³/mol. The number of hydrogen-bond acceptors (Lipinski definition) is 3. The number of ether oxygens (including phenoxy) is 1. The van der Waals surface area contributed by atoms with E-state index in [1.54, 1.807) is 7.11 Å². The molecule has 1 aliphatic rings. The van der Waals surface area contributed by atoms with Gasteiger partial charge in [0.1, 0.15) is 5.75 Å². The highest BCUT2D eigenvalue weighted by Gasteiger charge is 2.27. The van der Waals surface area contributed by atoms with E-state index in [-0.39, 0.29) is 0 Å². The number of nitrogens with one attached hydrogen (secondary N) is 1. The number of rotatable bonds is 6. The van der Waals surface area contributed by atoms with E-state index in [1.807, 2.05) is 12.1 Å². The molecule has 1 aliphatic carbocycles. The van der Waals surface area contributed by atoms with Crippen molar-refractivity contribution in [3.63, 3.8) is 0 Å². The summed E-state index contributed by atoms with van der Waals surface area (Å²) in [5, 5.41) is 0. The molecule has 0 bridgehead atoms. The molecule has 1 atom stereocenters. The summed E-state index contributed by atoms with van der Waals surface area (Å²) < 4.78 is 5.44. The van der Waals surface area contributed by atoms with Crippen LogP contribution in [0.5, 0.6) is 5.75 Å². The van der Waals surface area contributed by atoms with Crippen LogP contribution in [0, 0.1) is 11.8 Å². The fraction of sp³-hybridized carbons (Fsp3) is 0.647. The Labute approximate surface area is 122 Å². The van der Waals surface area contributed by atoms with Gasteiger partial charge in [-0.25, -0.2) is 0 Å². The molecule has 20 heavy (non-hydrogen) atoms. The average Bonchev–Trinajstić information content (AvgIpc) is 2.53. The van der Waals surface area contributed by atoms with E-state index in [1.165, 1.54) is 37.7 Å². The molecule has 112 valence electrons. The number of nitrogens with two attached hydrogens (primary N) is 1. The number of methoxy groups -OCH3 is 1. The zero-order valence-corrected chi connectivity index (χ0v) is 12.8. The summed E-state index contributed by atoms with van der Waals surface area (Å²) in [5.74, 6) is 8.40. The van der Waals surface area contributed by atoms with Crippen molar-refractivity contribution in [2.45, 2.75) is 51.5 Å². The largest absolute Gasteiger partial charge is 0.496 e. The third-order valence-corrected chi connectivity index (χ3v) is 4.88. The third kappa shape index (κ3) is 3.74. The first kappa shape index (κ1) is 15.3. The van der Waals surface area contributed by atoms with Crippen molar-refractivity contribution in [3.8, 4) is 5.75 Å². The zero-order chi connectivity index (χ0) is 14.4. The fourth-order valence-electron chi connectivity index (χ4n) is 3.47. The lowest BCUT2D eigenvalue weighted by Crippen LogP contribution is -2.43. The van der Waals surface area contributed by atoms with Gasteiger partial charge in [-0.1, -0.05) is 44.4 Å². The van der Waals surface area contributed by atoms with E-state index < -0.39 is 0 Å². The summed E-state index contributed by atoms with van der Waals surface area (Å²) in [6, 6.07) is 8.60. The van der Waals surface area contributed by atoms with Gasteiger partial charge in [0.05, 0.1) is 7.11 Å². The van der Waals surface area contributed by atoms with Crippen LogP contribution in [0.1, 0.15) is 44.6 Å². The first-order chi connectivity index (χ1) is 9.78. The highest BCUT2D eigenvalue weighted by atomic mass is 16.5. The number of hydrazine groups is 1. The van der Waals surface area contributed by atoms with Crippen LogP contribution >= 0.6 is 0 Å². The maximum Gasteiger partial charge on any atom is 0.122 e. The minimum absolute atomic E-state index is 0.351. The molecule has 0 heterocycles. The van der Waals surface area contributed by atoms with Crippen molar-refractivity contribution >= 4 is 0 Å². The highest BCUT2D eigenvalue weighted by Crippen LogP contribution is 2.34. The van der Waals surface area contributed by atoms with E-state index in [9.17, 15) is 0 Å². The monoisotopic (exact) mass is 276 g/mol. The second-order valence-corrected chi connectivity index (χ2v) is 5.98. The Morgan fingerprint density at radius 3 is 2.55 bits per heavy atom. The van der Waals surface area contributed by atoms with Crippen molar-refractivity contribution in [2.24, 2.45) is 17.7 Å². The Morgan fingerprint density at radius 1 is 1.25 bits per heavy atom. The number of benzene rings is 1. The van der Waals surface area contributed by atoms with Crippen LogP contribution in [0.15, 0.2) is 24.3 Å². The number of hydrogen-bond donors (Lipinski definition) is 2. The fourth-order valence-corrected chi connectivity index (χ4v) is 3.47. The van der Waals surface area contributed by atoms with Gasteiger partial charge in [0.2, 0.25) is 0 Å². The van der Waals surface area contributed by atoms with Gasteiger partial charge >= 0.3 is 0 Å². The minimum Gasteiger partial charge on any atom is -0.496 e. The molecule has 1 unspecified atom stereocenters. The molecule has 0 radical (unpaired) electrons. The molecule has 0 aromatic heterocycles. The molecule has 1 aromatic carbocycles. The maximum atomic E-state index is 5.82. The van der Waals surface area contributed by atoms with Crippen LogP contribution in [-0.2, 0) is 6.42 Å². The van der Waals surface area contributed by atoms with E-state index in [0.717, 1.165) is 18.1 Å². The molecule has 3 heteroatoms. The van der Waals surface area contributed by atoms with Crippen LogP contribution in [0.2, 0.25) is 0 Å². The standard InChI is InChI=1S/C17H28N2O/c1-3-13-8-10-14(11-9-13)16(19-18)12-15-6-4-5-7-17(15)20-2/h4-7,13-14,16,19H,3,8-12,18H2,1-2H3. The summed E-state index contributed by atoms with van der Waals surface area (Å²) in [5.41, 5.74) is 4.29. The lowest BCUT2D eigenvalue weighted by molar-refractivity contribution is 0.216. The Bertz CT molecular complexity index is 400. The van der Waals surface area contributed by atoms with Crippen LogP contribution in [0.25, 0.3) is 0 Å². The van der Waals surface area contributed by atoms with Gasteiger partial charge in [-0.05, 0) is 42.7 Å². The topological polar surface area (TPSA) is 47.3 Å². The minimum atomic E-state index is 0.351. The molecule has 1 saturated carbocycles. The molecule has 1 fully saturated rings. The third-order valence-electron chi connectivity index (χ3n) is 4.88. The molecule has 0 saturated heterocycles. The summed E-state index contributed by atoms with van der Waals surface area (Å²) in [4.78, 5) is 0. The molecule has 2 rings (SSSR count). The van der Waals surface area contributed by atoms with E-state index in [2.05, 4.69) is 24.5 Å². The van der Waals surface area contributed by atoms with Crippen LogP contribution < -0.4 is 16.0 Å². The Morgan fingerprint density at radius 2 is 1.95 bits per heavy atom. The first-order valence-electron chi connectivity index (χ1n) is 7.86. The normalized spacial score (nSPS) is 24.4. The van der Waals surface area contributed by atoms with E-state index >= 15 is 0 Å². The summed E-state index contributed by atoms with van der Waals surface area (Å²) in [6.07, 6.45) is 7.56. The molecule has 0 spiro atoms. The Balaban J connectivity index is 1.98. The van der Waals surface area contributed by atoms with Crippen LogP contribution in [0.4, 0.5) is 0 Å². The molecular weight excluding hydrogens is 248 g/mol. The molecular formula is C17H28N2O. The maximum absolute atomic E-state index is 5.82. The van der Waals surface area contributed by atoms with Gasteiger partial charge in [-0.15, -0.1) is 0 Å². The molecule has 3 N–H and O–H groups in total. The lowest BCUT2D eigenvalue weighted by atomic mass is 9.76. The predicted octanol–water partition coefficient (Wildman–Crippen LogP) is 3.29. The van der Waals surface area contributed by atoms with Crippen molar-refractivity contribution in [1.29, 1.82) is 0 Å². The van der Waals surface area contributed by atoms with Crippen molar-refractivity contribution in [1.82, 2.24) is 5.43 Å². The molecule has 3 nitrogen and oxygen atoms in total. The lowest BCUT2D eigenvalue weighted by Gasteiger charge is -2.33. The number of para-hydroxylation sites is 1. The summed E-state index contributed by atoms with van der Waals surface area (Å²) in [6.45, 7) is 2.30. The first-order valence-corrected chi connectivity index (χ1v) is 7.86. The molecule has 1 aromatic rings. The zero-order valence-electron chi connectivity index (χ0n) is 12.8. The van der Waals surface area contributed by atoms with E-state index in [4.69, 9.17) is 10.6 Å². The van der Waals surface area contributed by atoms with Gasteiger partial charge in [0.15, 0.2) is 0 Å². The quantitative estimate of drug-likeness (QED) is 0.619. The van der Waals surface area contributed by atoms with E-state index in [0.29, 0.717) is 12.0 Å². The van der Waals surface area contributed by atoms with Crippen molar-refractivity contribution in [3.05, 3.63) is 29.8 Å². The smallest absolute Gasteiger partial charge is 0.122 e. The second kappa shape index (κ2) is 7.65. The Kier molecular flexibility index (Phi) is 5.86. The SMILES string of the molecule is CCC1CCC(C(Cc2ccccc2OC)NN)CC1. The van der Waals surface area contributed by atoms with Crippen molar-refractivity contribution in [2.75, 3.05) is 7.11 Å². The van der Waals surface area contributed by atoms with Crippen molar-refractivity contribution < 1.29 is 4.74 Å². The summed E-state index contributed by atoms with van der Waals surface area (Å²) >= 11 is 0. The van der Waals surface area contributed by atoms with Gasteiger partial charge in [0, 0.05) is 6.04 Å². The van der Waals surface area contributed by atoms with Gasteiger partial charge in [0.25, 0.3) is 0 Å². The van der Waals surface area contributed by atoms with Gasteiger partial charge < -0.3 is 4.74 Å². The highest BCUT2D eigenvalue weighted by molar-refractivity contribution is 5.33. The average molecular weight is 276 g/mol.